The Bertz CT molecular complexity index is 550. The molecule has 0 aliphatic carbocycles. The van der Waals surface area contributed by atoms with Gasteiger partial charge in [0.25, 0.3) is 0 Å². The van der Waals surface area contributed by atoms with Gasteiger partial charge in [-0.25, -0.2) is 13.1 Å². The molecule has 106 valence electrons. The van der Waals surface area contributed by atoms with E-state index in [1.54, 1.807) is 19.1 Å². The van der Waals surface area contributed by atoms with Crippen molar-refractivity contribution in [3.63, 3.8) is 0 Å². The fourth-order valence-electron chi connectivity index (χ4n) is 1.67. The minimum atomic E-state index is -3.46. The molecule has 1 aromatic rings. The highest BCUT2D eigenvalue weighted by Crippen LogP contribution is 2.15. The van der Waals surface area contributed by atoms with Gasteiger partial charge in [0.05, 0.1) is 18.1 Å². The Hall–Kier alpha value is -1.17. The molecule has 0 spiro atoms. The summed E-state index contributed by atoms with van der Waals surface area (Å²) < 4.78 is 31.9. The van der Waals surface area contributed by atoms with Gasteiger partial charge in [0.1, 0.15) is 0 Å². The molecule has 0 aromatic heterocycles. The summed E-state index contributed by atoms with van der Waals surface area (Å²) in [7, 11) is -3.46. The van der Waals surface area contributed by atoms with Crippen LogP contribution in [0.4, 0.5) is 0 Å². The number of ether oxygens (including phenoxy) is 1. The Labute approximate surface area is 115 Å². The van der Waals surface area contributed by atoms with E-state index in [9.17, 15) is 8.42 Å². The predicted octanol–water partition coefficient (Wildman–Crippen LogP) is 2.17. The summed E-state index contributed by atoms with van der Waals surface area (Å²) in [6.45, 7) is 10.3. The van der Waals surface area contributed by atoms with Gasteiger partial charge in [0, 0.05) is 6.54 Å². The molecule has 0 unspecified atom stereocenters. The SMILES string of the molecule is C=C(C)COCCNS(=O)(=O)c1ccc(C)cc1C. The van der Waals surface area contributed by atoms with Crippen molar-refractivity contribution in [2.45, 2.75) is 25.7 Å². The van der Waals surface area contributed by atoms with E-state index in [1.807, 2.05) is 19.9 Å². The molecule has 1 aromatic carbocycles. The third-order valence-corrected chi connectivity index (χ3v) is 4.13. The lowest BCUT2D eigenvalue weighted by Crippen LogP contribution is -2.28. The Morgan fingerprint density at radius 3 is 2.63 bits per heavy atom. The average Bonchev–Trinajstić information content (AvgIpc) is 2.27. The van der Waals surface area contributed by atoms with Crippen LogP contribution in [0.5, 0.6) is 0 Å². The van der Waals surface area contributed by atoms with E-state index in [0.717, 1.165) is 16.7 Å². The number of nitrogens with one attached hydrogen (secondary N) is 1. The van der Waals surface area contributed by atoms with Crippen molar-refractivity contribution >= 4 is 10.0 Å². The van der Waals surface area contributed by atoms with E-state index in [0.29, 0.717) is 18.1 Å². The summed E-state index contributed by atoms with van der Waals surface area (Å²) in [5.41, 5.74) is 2.70. The van der Waals surface area contributed by atoms with Crippen molar-refractivity contribution < 1.29 is 13.2 Å². The number of rotatable bonds is 7. The first kappa shape index (κ1) is 15.9. The van der Waals surface area contributed by atoms with Crippen LogP contribution in [0.25, 0.3) is 0 Å². The molecule has 1 rings (SSSR count). The highest BCUT2D eigenvalue weighted by molar-refractivity contribution is 7.89. The van der Waals surface area contributed by atoms with Crippen LogP contribution in [-0.4, -0.2) is 28.2 Å². The lowest BCUT2D eigenvalue weighted by Gasteiger charge is -2.10. The highest BCUT2D eigenvalue weighted by atomic mass is 32.2. The van der Waals surface area contributed by atoms with Crippen LogP contribution in [0.15, 0.2) is 35.2 Å². The van der Waals surface area contributed by atoms with Crippen molar-refractivity contribution in [3.8, 4) is 0 Å². The van der Waals surface area contributed by atoms with E-state index >= 15 is 0 Å². The molecule has 4 nitrogen and oxygen atoms in total. The quantitative estimate of drug-likeness (QED) is 0.616. The van der Waals surface area contributed by atoms with E-state index < -0.39 is 10.0 Å². The maximum atomic E-state index is 12.1. The largest absolute Gasteiger partial charge is 0.376 e. The summed E-state index contributed by atoms with van der Waals surface area (Å²) in [5, 5.41) is 0. The Morgan fingerprint density at radius 2 is 2.05 bits per heavy atom. The van der Waals surface area contributed by atoms with Crippen LogP contribution in [0, 0.1) is 13.8 Å². The standard InChI is InChI=1S/C14H21NO3S/c1-11(2)10-18-8-7-15-19(16,17)14-6-5-12(3)9-13(14)4/h5-6,9,15H,1,7-8,10H2,2-4H3. The first-order valence-electron chi connectivity index (χ1n) is 6.12. The first-order valence-corrected chi connectivity index (χ1v) is 7.60. The van der Waals surface area contributed by atoms with Crippen molar-refractivity contribution in [2.24, 2.45) is 0 Å². The lowest BCUT2D eigenvalue weighted by molar-refractivity contribution is 0.162. The van der Waals surface area contributed by atoms with Gasteiger partial charge in [-0.1, -0.05) is 29.8 Å². The van der Waals surface area contributed by atoms with Crippen LogP contribution in [-0.2, 0) is 14.8 Å². The van der Waals surface area contributed by atoms with Crippen LogP contribution in [0.2, 0.25) is 0 Å². The van der Waals surface area contributed by atoms with Gasteiger partial charge in [-0.15, -0.1) is 0 Å². The van der Waals surface area contributed by atoms with Gasteiger partial charge in [0.15, 0.2) is 0 Å². The molecule has 0 radical (unpaired) electrons. The normalized spacial score (nSPS) is 11.5. The second-order valence-electron chi connectivity index (χ2n) is 4.68. The number of hydrogen-bond acceptors (Lipinski definition) is 3. The summed E-state index contributed by atoms with van der Waals surface area (Å²) in [4.78, 5) is 0.318. The third kappa shape index (κ3) is 5.14. The first-order chi connectivity index (χ1) is 8.83. The van der Waals surface area contributed by atoms with E-state index in [2.05, 4.69) is 11.3 Å². The summed E-state index contributed by atoms with van der Waals surface area (Å²) in [5.74, 6) is 0. The number of benzene rings is 1. The fraction of sp³-hybridized carbons (Fsp3) is 0.429. The molecule has 0 heterocycles. The molecule has 0 bridgehead atoms. The predicted molar refractivity (Wildman–Crippen MR) is 76.7 cm³/mol. The summed E-state index contributed by atoms with van der Waals surface area (Å²) >= 11 is 0. The highest BCUT2D eigenvalue weighted by Gasteiger charge is 2.15. The maximum Gasteiger partial charge on any atom is 0.240 e. The zero-order valence-electron chi connectivity index (χ0n) is 11.7. The van der Waals surface area contributed by atoms with Gasteiger partial charge in [-0.2, -0.15) is 0 Å². The Morgan fingerprint density at radius 1 is 1.37 bits per heavy atom. The van der Waals surface area contributed by atoms with E-state index in [1.165, 1.54) is 0 Å². The molecule has 0 fully saturated rings. The van der Waals surface area contributed by atoms with Gasteiger partial charge >= 0.3 is 0 Å². The summed E-state index contributed by atoms with van der Waals surface area (Å²) in [6, 6.07) is 5.27. The number of hydrogen-bond donors (Lipinski definition) is 1. The lowest BCUT2D eigenvalue weighted by atomic mass is 10.2. The third-order valence-electron chi connectivity index (χ3n) is 2.51. The number of aryl methyl sites for hydroxylation is 2. The van der Waals surface area contributed by atoms with E-state index in [-0.39, 0.29) is 6.54 Å². The zero-order chi connectivity index (χ0) is 14.5. The van der Waals surface area contributed by atoms with Gasteiger partial charge in [-0.3, -0.25) is 0 Å². The molecule has 0 aliphatic rings. The topological polar surface area (TPSA) is 55.4 Å². The van der Waals surface area contributed by atoms with Gasteiger partial charge < -0.3 is 4.74 Å². The van der Waals surface area contributed by atoms with Crippen LogP contribution in [0.1, 0.15) is 18.1 Å². The Balaban J connectivity index is 2.59. The molecule has 0 amide bonds. The molecule has 5 heteroatoms. The molecule has 0 saturated carbocycles. The molecule has 0 atom stereocenters. The van der Waals surface area contributed by atoms with Crippen LogP contribution >= 0.6 is 0 Å². The molecule has 0 aliphatic heterocycles. The second kappa shape index (κ2) is 6.84. The minimum absolute atomic E-state index is 0.253. The molecule has 1 N–H and O–H groups in total. The van der Waals surface area contributed by atoms with Crippen molar-refractivity contribution in [1.82, 2.24) is 4.72 Å². The number of sulfonamides is 1. The van der Waals surface area contributed by atoms with Gasteiger partial charge in [0.2, 0.25) is 10.0 Å². The Kier molecular flexibility index (Phi) is 5.72. The van der Waals surface area contributed by atoms with Crippen molar-refractivity contribution in [1.29, 1.82) is 0 Å². The maximum absolute atomic E-state index is 12.1. The van der Waals surface area contributed by atoms with Crippen LogP contribution < -0.4 is 4.72 Å². The molecular weight excluding hydrogens is 262 g/mol. The minimum Gasteiger partial charge on any atom is -0.376 e. The van der Waals surface area contributed by atoms with Crippen LogP contribution in [0.3, 0.4) is 0 Å². The van der Waals surface area contributed by atoms with E-state index in [4.69, 9.17) is 4.74 Å². The van der Waals surface area contributed by atoms with Gasteiger partial charge in [-0.05, 0) is 32.4 Å². The average molecular weight is 283 g/mol. The zero-order valence-corrected chi connectivity index (χ0v) is 12.5. The van der Waals surface area contributed by atoms with Crippen molar-refractivity contribution in [3.05, 3.63) is 41.5 Å². The smallest absolute Gasteiger partial charge is 0.240 e. The second-order valence-corrected chi connectivity index (χ2v) is 6.41. The molecule has 19 heavy (non-hydrogen) atoms. The molecule has 0 saturated heterocycles. The monoisotopic (exact) mass is 283 g/mol. The fourth-order valence-corrected chi connectivity index (χ4v) is 2.91. The molecular formula is C14H21NO3S. The van der Waals surface area contributed by atoms with Crippen molar-refractivity contribution in [2.75, 3.05) is 19.8 Å². The summed E-state index contributed by atoms with van der Waals surface area (Å²) in [6.07, 6.45) is 0.